The second-order valence-electron chi connectivity index (χ2n) is 2.66. The lowest BCUT2D eigenvalue weighted by Gasteiger charge is -2.11. The van der Waals surface area contributed by atoms with Crippen molar-refractivity contribution in [3.8, 4) is 0 Å². The molecule has 2 N–H and O–H groups in total. The van der Waals surface area contributed by atoms with E-state index in [4.69, 9.17) is 17.3 Å². The van der Waals surface area contributed by atoms with Gasteiger partial charge in [-0.3, -0.25) is 0 Å². The SMILES string of the molecule is Nc1c(Br)cc(C(F)(F)F)cc1CCl. The lowest BCUT2D eigenvalue weighted by atomic mass is 10.1. The van der Waals surface area contributed by atoms with Gasteiger partial charge in [0.2, 0.25) is 0 Å². The van der Waals surface area contributed by atoms with Gasteiger partial charge in [-0.2, -0.15) is 13.2 Å². The topological polar surface area (TPSA) is 26.0 Å². The highest BCUT2D eigenvalue weighted by molar-refractivity contribution is 9.10. The summed E-state index contributed by atoms with van der Waals surface area (Å²) in [6.45, 7) is 0. The molecule has 1 rings (SSSR count). The molecule has 0 bridgehead atoms. The van der Waals surface area contributed by atoms with Gasteiger partial charge in [-0.25, -0.2) is 0 Å². The maximum absolute atomic E-state index is 12.3. The summed E-state index contributed by atoms with van der Waals surface area (Å²) in [6.07, 6.45) is -4.38. The zero-order valence-electron chi connectivity index (χ0n) is 6.83. The molecule has 0 fully saturated rings. The molecule has 0 aliphatic heterocycles. The highest BCUT2D eigenvalue weighted by Crippen LogP contribution is 2.35. The molecule has 1 aromatic carbocycles. The molecule has 0 amide bonds. The van der Waals surface area contributed by atoms with Crippen molar-refractivity contribution in [1.82, 2.24) is 0 Å². The van der Waals surface area contributed by atoms with Crippen molar-refractivity contribution in [2.45, 2.75) is 12.1 Å². The predicted molar refractivity (Wildman–Crippen MR) is 53.1 cm³/mol. The van der Waals surface area contributed by atoms with Crippen molar-refractivity contribution in [2.75, 3.05) is 5.73 Å². The normalized spacial score (nSPS) is 11.8. The molecule has 0 atom stereocenters. The molecule has 0 saturated carbocycles. The molecular weight excluding hydrogens is 282 g/mol. The van der Waals surface area contributed by atoms with Crippen molar-refractivity contribution >= 4 is 33.2 Å². The summed E-state index contributed by atoms with van der Waals surface area (Å²) in [4.78, 5) is 0. The van der Waals surface area contributed by atoms with Gasteiger partial charge in [-0.1, -0.05) is 0 Å². The number of anilines is 1. The van der Waals surface area contributed by atoms with Gasteiger partial charge < -0.3 is 5.73 Å². The van der Waals surface area contributed by atoms with Crippen LogP contribution in [0.25, 0.3) is 0 Å². The molecule has 0 aliphatic rings. The van der Waals surface area contributed by atoms with E-state index in [1.165, 1.54) is 0 Å². The number of halogens is 5. The largest absolute Gasteiger partial charge is 0.416 e. The standard InChI is InChI=1S/C8H6BrClF3N/c9-6-2-5(8(11,12)13)1-4(3-10)7(6)14/h1-2H,3,14H2. The third kappa shape index (κ3) is 2.33. The minimum absolute atomic E-state index is 0.0473. The summed E-state index contributed by atoms with van der Waals surface area (Å²) in [5.74, 6) is -0.0473. The van der Waals surface area contributed by atoms with Crippen molar-refractivity contribution in [2.24, 2.45) is 0 Å². The van der Waals surface area contributed by atoms with Crippen LogP contribution in [-0.4, -0.2) is 0 Å². The molecule has 14 heavy (non-hydrogen) atoms. The smallest absolute Gasteiger partial charge is 0.398 e. The van der Waals surface area contributed by atoms with E-state index >= 15 is 0 Å². The van der Waals surface area contributed by atoms with Crippen LogP contribution < -0.4 is 5.73 Å². The molecule has 1 nitrogen and oxygen atoms in total. The van der Waals surface area contributed by atoms with Crippen LogP contribution in [0.3, 0.4) is 0 Å². The number of hydrogen-bond acceptors (Lipinski definition) is 1. The highest BCUT2D eigenvalue weighted by atomic mass is 79.9. The summed E-state index contributed by atoms with van der Waals surface area (Å²) in [6, 6.07) is 1.89. The number of alkyl halides is 4. The summed E-state index contributed by atoms with van der Waals surface area (Å²) < 4.78 is 37.1. The van der Waals surface area contributed by atoms with Gasteiger partial charge in [0.1, 0.15) is 0 Å². The number of nitrogen functional groups attached to an aromatic ring is 1. The molecule has 0 saturated heterocycles. The molecular formula is C8H6BrClF3N. The van der Waals surface area contributed by atoms with Crippen molar-refractivity contribution < 1.29 is 13.2 Å². The van der Waals surface area contributed by atoms with Crippen LogP contribution in [0.1, 0.15) is 11.1 Å². The van der Waals surface area contributed by atoms with Crippen LogP contribution in [0.2, 0.25) is 0 Å². The Morgan fingerprint density at radius 1 is 1.36 bits per heavy atom. The molecule has 0 aliphatic carbocycles. The van der Waals surface area contributed by atoms with Crippen LogP contribution in [0.15, 0.2) is 16.6 Å². The number of benzene rings is 1. The van der Waals surface area contributed by atoms with E-state index in [-0.39, 0.29) is 21.6 Å². The Bertz CT molecular complexity index is 351. The van der Waals surface area contributed by atoms with Crippen LogP contribution in [-0.2, 0) is 12.1 Å². The van der Waals surface area contributed by atoms with E-state index in [0.29, 0.717) is 0 Å². The minimum atomic E-state index is -4.38. The first kappa shape index (κ1) is 11.7. The fourth-order valence-electron chi connectivity index (χ4n) is 0.949. The van der Waals surface area contributed by atoms with Gasteiger partial charge in [0, 0.05) is 10.4 Å². The third-order valence-corrected chi connectivity index (χ3v) is 2.63. The van der Waals surface area contributed by atoms with Gasteiger partial charge in [0.25, 0.3) is 0 Å². The maximum atomic E-state index is 12.3. The monoisotopic (exact) mass is 287 g/mol. The zero-order valence-corrected chi connectivity index (χ0v) is 9.17. The quantitative estimate of drug-likeness (QED) is 0.617. The van der Waals surface area contributed by atoms with E-state index in [1.807, 2.05) is 0 Å². The summed E-state index contributed by atoms with van der Waals surface area (Å²) >= 11 is 8.40. The average molecular weight is 288 g/mol. The van der Waals surface area contributed by atoms with Crippen LogP contribution >= 0.6 is 27.5 Å². The summed E-state index contributed by atoms with van der Waals surface area (Å²) in [7, 11) is 0. The minimum Gasteiger partial charge on any atom is -0.398 e. The van der Waals surface area contributed by atoms with E-state index in [2.05, 4.69) is 15.9 Å². The van der Waals surface area contributed by atoms with E-state index in [9.17, 15) is 13.2 Å². The van der Waals surface area contributed by atoms with Crippen LogP contribution in [0, 0.1) is 0 Å². The Morgan fingerprint density at radius 3 is 2.36 bits per heavy atom. The fourth-order valence-corrected chi connectivity index (χ4v) is 1.67. The molecule has 0 unspecified atom stereocenters. The molecule has 1 aromatic rings. The number of rotatable bonds is 1. The zero-order chi connectivity index (χ0) is 10.9. The maximum Gasteiger partial charge on any atom is 0.416 e. The van der Waals surface area contributed by atoms with Gasteiger partial charge in [-0.05, 0) is 33.6 Å². The summed E-state index contributed by atoms with van der Waals surface area (Å²) in [5, 5.41) is 0. The van der Waals surface area contributed by atoms with Gasteiger partial charge >= 0.3 is 6.18 Å². The van der Waals surface area contributed by atoms with Gasteiger partial charge in [-0.15, -0.1) is 11.6 Å². The first-order valence-corrected chi connectivity index (χ1v) is 4.90. The summed E-state index contributed by atoms with van der Waals surface area (Å²) in [5.41, 5.74) is 5.27. The Balaban J connectivity index is 3.30. The van der Waals surface area contributed by atoms with Crippen molar-refractivity contribution in [1.29, 1.82) is 0 Å². The Hall–Kier alpha value is -0.420. The van der Waals surface area contributed by atoms with Crippen molar-refractivity contribution in [3.63, 3.8) is 0 Å². The second-order valence-corrected chi connectivity index (χ2v) is 3.78. The van der Waals surface area contributed by atoms with E-state index < -0.39 is 11.7 Å². The first-order chi connectivity index (χ1) is 6.36. The molecule has 78 valence electrons. The lowest BCUT2D eigenvalue weighted by Crippen LogP contribution is -2.07. The van der Waals surface area contributed by atoms with Gasteiger partial charge in [0.15, 0.2) is 0 Å². The Morgan fingerprint density at radius 2 is 1.93 bits per heavy atom. The van der Waals surface area contributed by atoms with Crippen LogP contribution in [0.5, 0.6) is 0 Å². The molecule has 0 radical (unpaired) electrons. The predicted octanol–water partition coefficient (Wildman–Crippen LogP) is 3.79. The molecule has 0 heterocycles. The fraction of sp³-hybridized carbons (Fsp3) is 0.250. The van der Waals surface area contributed by atoms with Crippen LogP contribution in [0.4, 0.5) is 18.9 Å². The second kappa shape index (κ2) is 3.98. The number of hydrogen-bond donors (Lipinski definition) is 1. The highest BCUT2D eigenvalue weighted by Gasteiger charge is 2.31. The molecule has 0 spiro atoms. The molecule has 0 aromatic heterocycles. The number of nitrogens with two attached hydrogens (primary N) is 1. The Kier molecular flexibility index (Phi) is 3.32. The van der Waals surface area contributed by atoms with E-state index in [0.717, 1.165) is 12.1 Å². The lowest BCUT2D eigenvalue weighted by molar-refractivity contribution is -0.137. The van der Waals surface area contributed by atoms with Crippen molar-refractivity contribution in [3.05, 3.63) is 27.7 Å². The molecule has 6 heteroatoms. The van der Waals surface area contributed by atoms with E-state index in [1.54, 1.807) is 0 Å². The first-order valence-electron chi connectivity index (χ1n) is 3.57. The Labute approximate surface area is 92.2 Å². The third-order valence-electron chi connectivity index (χ3n) is 1.69. The van der Waals surface area contributed by atoms with Gasteiger partial charge in [0.05, 0.1) is 11.3 Å². The average Bonchev–Trinajstić information content (AvgIpc) is 2.07.